The lowest BCUT2D eigenvalue weighted by atomic mass is 10.0. The summed E-state index contributed by atoms with van der Waals surface area (Å²) in [6.07, 6.45) is 1.88. The number of urea groups is 1. The van der Waals surface area contributed by atoms with E-state index < -0.39 is 6.03 Å². The number of carbonyl (C=O) groups is 1. The van der Waals surface area contributed by atoms with Crippen LogP contribution in [0, 0.1) is 6.92 Å². The summed E-state index contributed by atoms with van der Waals surface area (Å²) >= 11 is 0. The van der Waals surface area contributed by atoms with Gasteiger partial charge >= 0.3 is 6.03 Å². The van der Waals surface area contributed by atoms with Crippen molar-refractivity contribution in [3.8, 4) is 11.1 Å². The number of carbonyl (C=O) groups excluding carboxylic acids is 1. The maximum Gasteiger partial charge on any atom is 0.316 e. The summed E-state index contributed by atoms with van der Waals surface area (Å²) in [6.45, 7) is 9.22. The smallest absolute Gasteiger partial charge is 0.316 e. The van der Waals surface area contributed by atoms with E-state index >= 15 is 0 Å². The van der Waals surface area contributed by atoms with Crippen LogP contribution in [0.25, 0.3) is 11.1 Å². The highest BCUT2D eigenvalue weighted by atomic mass is 16.2. The van der Waals surface area contributed by atoms with Crippen LogP contribution in [-0.4, -0.2) is 29.0 Å². The van der Waals surface area contributed by atoms with Gasteiger partial charge in [-0.2, -0.15) is 0 Å². The number of hydrogen-bond acceptors (Lipinski definition) is 3. The third kappa shape index (κ3) is 4.53. The lowest BCUT2D eigenvalue weighted by Gasteiger charge is -2.17. The molecule has 23 heavy (non-hydrogen) atoms. The highest BCUT2D eigenvalue weighted by molar-refractivity contribution is 5.89. The van der Waals surface area contributed by atoms with Gasteiger partial charge in [-0.3, -0.25) is 9.88 Å². The fraction of sp³-hybridized carbons (Fsp3) is 0.333. The van der Waals surface area contributed by atoms with Crippen molar-refractivity contribution in [2.24, 2.45) is 5.73 Å². The first-order chi connectivity index (χ1) is 11.0. The zero-order valence-electron chi connectivity index (χ0n) is 14.0. The number of nitrogens with two attached hydrogens (primary N) is 1. The van der Waals surface area contributed by atoms with Crippen LogP contribution in [-0.2, 0) is 6.54 Å². The van der Waals surface area contributed by atoms with E-state index in [-0.39, 0.29) is 0 Å². The van der Waals surface area contributed by atoms with Crippen LogP contribution >= 0.6 is 0 Å². The zero-order chi connectivity index (χ0) is 16.8. The molecular weight excluding hydrogens is 288 g/mol. The largest absolute Gasteiger partial charge is 0.351 e. The first-order valence-electron chi connectivity index (χ1n) is 7.88. The highest BCUT2D eigenvalue weighted by Gasteiger charge is 2.07. The van der Waals surface area contributed by atoms with Crippen LogP contribution in [0.15, 0.2) is 36.5 Å². The van der Waals surface area contributed by atoms with E-state index in [0.29, 0.717) is 5.69 Å². The van der Waals surface area contributed by atoms with Crippen molar-refractivity contribution in [1.82, 2.24) is 9.88 Å². The molecule has 122 valence electrons. The third-order valence-corrected chi connectivity index (χ3v) is 3.92. The lowest BCUT2D eigenvalue weighted by molar-refractivity contribution is 0.259. The molecule has 5 nitrogen and oxygen atoms in total. The molecule has 0 radical (unpaired) electrons. The Hall–Kier alpha value is -2.40. The Kier molecular flexibility index (Phi) is 5.71. The topological polar surface area (TPSA) is 71.2 Å². The normalized spacial score (nSPS) is 10.8. The third-order valence-electron chi connectivity index (χ3n) is 3.92. The summed E-state index contributed by atoms with van der Waals surface area (Å²) in [6, 6.07) is 9.29. The summed E-state index contributed by atoms with van der Waals surface area (Å²) in [5.41, 5.74) is 10.1. The molecule has 0 unspecified atom stereocenters. The second kappa shape index (κ2) is 7.74. The molecule has 0 saturated carbocycles. The van der Waals surface area contributed by atoms with Crippen LogP contribution in [0.2, 0.25) is 0 Å². The Morgan fingerprint density at radius 2 is 1.96 bits per heavy atom. The first-order valence-corrected chi connectivity index (χ1v) is 7.88. The van der Waals surface area contributed by atoms with E-state index in [1.807, 2.05) is 31.3 Å². The molecule has 0 spiro atoms. The van der Waals surface area contributed by atoms with E-state index in [1.54, 1.807) is 0 Å². The van der Waals surface area contributed by atoms with E-state index in [4.69, 9.17) is 5.73 Å². The minimum Gasteiger partial charge on any atom is -0.351 e. The minimum absolute atomic E-state index is 0.563. The molecule has 2 rings (SSSR count). The SMILES string of the molecule is CCN(CC)Cc1ccc(-c2cc(NC(N)=O)ccc2C)cn1. The molecule has 2 aromatic rings. The molecule has 0 aliphatic heterocycles. The monoisotopic (exact) mass is 312 g/mol. The Labute approximate surface area is 137 Å². The van der Waals surface area contributed by atoms with Crippen molar-refractivity contribution >= 4 is 11.7 Å². The van der Waals surface area contributed by atoms with Crippen molar-refractivity contribution in [1.29, 1.82) is 0 Å². The molecule has 3 N–H and O–H groups in total. The number of pyridine rings is 1. The van der Waals surface area contributed by atoms with Gasteiger partial charge in [0.25, 0.3) is 0 Å². The second-order valence-electron chi connectivity index (χ2n) is 5.52. The number of nitrogens with one attached hydrogen (secondary N) is 1. The number of anilines is 1. The summed E-state index contributed by atoms with van der Waals surface area (Å²) < 4.78 is 0. The Balaban J connectivity index is 2.23. The highest BCUT2D eigenvalue weighted by Crippen LogP contribution is 2.26. The minimum atomic E-state index is -0.563. The molecule has 2 amide bonds. The van der Waals surface area contributed by atoms with Gasteiger partial charge in [0.15, 0.2) is 0 Å². The number of rotatable bonds is 6. The number of benzene rings is 1. The van der Waals surface area contributed by atoms with E-state index in [1.165, 1.54) is 0 Å². The molecule has 0 bridgehead atoms. The van der Waals surface area contributed by atoms with Crippen molar-refractivity contribution in [2.45, 2.75) is 27.3 Å². The van der Waals surface area contributed by atoms with Crippen LogP contribution in [0.5, 0.6) is 0 Å². The first kappa shape index (κ1) is 17.0. The molecule has 1 aromatic carbocycles. The van der Waals surface area contributed by atoms with Gasteiger partial charge < -0.3 is 11.1 Å². The van der Waals surface area contributed by atoms with E-state index in [2.05, 4.69) is 41.2 Å². The molecule has 0 atom stereocenters. The molecule has 5 heteroatoms. The second-order valence-corrected chi connectivity index (χ2v) is 5.52. The molecular formula is C18H24N4O. The Bertz CT molecular complexity index is 663. The van der Waals surface area contributed by atoms with Crippen molar-refractivity contribution in [3.63, 3.8) is 0 Å². The van der Waals surface area contributed by atoms with Gasteiger partial charge in [0.05, 0.1) is 5.69 Å². The van der Waals surface area contributed by atoms with Gasteiger partial charge in [-0.05, 0) is 49.3 Å². The zero-order valence-corrected chi connectivity index (χ0v) is 14.0. The number of aromatic nitrogens is 1. The van der Waals surface area contributed by atoms with Gasteiger partial charge in [-0.1, -0.05) is 26.0 Å². The molecule has 1 heterocycles. The molecule has 0 saturated heterocycles. The average Bonchev–Trinajstić information content (AvgIpc) is 2.54. The van der Waals surface area contributed by atoms with Crippen LogP contribution < -0.4 is 11.1 Å². The fourth-order valence-corrected chi connectivity index (χ4v) is 2.51. The number of aryl methyl sites for hydroxylation is 1. The summed E-state index contributed by atoms with van der Waals surface area (Å²) in [7, 11) is 0. The van der Waals surface area contributed by atoms with Crippen molar-refractivity contribution < 1.29 is 4.79 Å². The molecule has 0 aliphatic carbocycles. The van der Waals surface area contributed by atoms with Gasteiger partial charge in [-0.15, -0.1) is 0 Å². The number of hydrogen-bond donors (Lipinski definition) is 2. The van der Waals surface area contributed by atoms with Crippen LogP contribution in [0.1, 0.15) is 25.1 Å². The van der Waals surface area contributed by atoms with Crippen molar-refractivity contribution in [2.75, 3.05) is 18.4 Å². The Morgan fingerprint density at radius 3 is 2.52 bits per heavy atom. The van der Waals surface area contributed by atoms with E-state index in [0.717, 1.165) is 42.0 Å². The lowest BCUT2D eigenvalue weighted by Crippen LogP contribution is -2.22. The summed E-state index contributed by atoms with van der Waals surface area (Å²) in [4.78, 5) is 17.9. The Morgan fingerprint density at radius 1 is 1.22 bits per heavy atom. The quantitative estimate of drug-likeness (QED) is 0.859. The maximum absolute atomic E-state index is 11.0. The van der Waals surface area contributed by atoms with Gasteiger partial charge in [0.2, 0.25) is 0 Å². The fourth-order valence-electron chi connectivity index (χ4n) is 2.51. The van der Waals surface area contributed by atoms with Crippen molar-refractivity contribution in [3.05, 3.63) is 47.8 Å². The molecule has 0 fully saturated rings. The van der Waals surface area contributed by atoms with Gasteiger partial charge in [0, 0.05) is 24.0 Å². The average molecular weight is 312 g/mol. The maximum atomic E-state index is 11.0. The number of amides is 2. The van der Waals surface area contributed by atoms with E-state index in [9.17, 15) is 4.79 Å². The molecule has 0 aliphatic rings. The van der Waals surface area contributed by atoms with Crippen LogP contribution in [0.4, 0.5) is 10.5 Å². The predicted molar refractivity (Wildman–Crippen MR) is 94.2 cm³/mol. The standard InChI is InChI=1S/C18H24N4O/c1-4-22(5-2)12-16-9-7-14(11-20-16)17-10-15(21-18(19)23)8-6-13(17)3/h6-11H,4-5,12H2,1-3H3,(H3,19,21,23). The number of primary amides is 1. The van der Waals surface area contributed by atoms with Gasteiger partial charge in [0.1, 0.15) is 0 Å². The predicted octanol–water partition coefficient (Wildman–Crippen LogP) is 3.39. The summed E-state index contributed by atoms with van der Waals surface area (Å²) in [5, 5.41) is 2.61. The number of nitrogens with zero attached hydrogens (tertiary/aromatic N) is 2. The summed E-state index contributed by atoms with van der Waals surface area (Å²) in [5.74, 6) is 0. The van der Waals surface area contributed by atoms with Gasteiger partial charge in [-0.25, -0.2) is 4.79 Å². The molecule has 1 aromatic heterocycles. The van der Waals surface area contributed by atoms with Crippen LogP contribution in [0.3, 0.4) is 0 Å².